The van der Waals surface area contributed by atoms with E-state index in [1.54, 1.807) is 0 Å². The van der Waals surface area contributed by atoms with Gasteiger partial charge in [-0.2, -0.15) is 18.3 Å². The third kappa shape index (κ3) is 5.87. The van der Waals surface area contributed by atoms with Crippen molar-refractivity contribution in [2.45, 2.75) is 52.3 Å². The zero-order valence-corrected chi connectivity index (χ0v) is 17.3. The lowest BCUT2D eigenvalue weighted by Crippen LogP contribution is -2.21. The van der Waals surface area contributed by atoms with Gasteiger partial charge in [0.2, 0.25) is 0 Å². The molecular weight excluding hydrogens is 411 g/mol. The molecule has 1 aromatic carbocycles. The third-order valence-electron chi connectivity index (χ3n) is 4.81. The van der Waals surface area contributed by atoms with E-state index in [0.29, 0.717) is 6.54 Å². The summed E-state index contributed by atoms with van der Waals surface area (Å²) in [5.74, 6) is -1.73. The largest absolute Gasteiger partial charge is 0.490 e. The number of carboxylic acid groups (broad SMARTS) is 1. The van der Waals surface area contributed by atoms with Crippen molar-refractivity contribution in [1.29, 1.82) is 0 Å². The number of imidazole rings is 1. The molecule has 0 radical (unpaired) electrons. The first-order valence-electron chi connectivity index (χ1n) is 9.88. The van der Waals surface area contributed by atoms with Crippen LogP contribution in [0.25, 0.3) is 5.69 Å². The summed E-state index contributed by atoms with van der Waals surface area (Å²) in [5.41, 5.74) is 6.91. The Hall–Kier alpha value is -3.30. The van der Waals surface area contributed by atoms with E-state index in [0.717, 1.165) is 41.4 Å². The number of anilines is 1. The van der Waals surface area contributed by atoms with Crippen LogP contribution in [0.3, 0.4) is 0 Å². The summed E-state index contributed by atoms with van der Waals surface area (Å²) in [6.07, 6.45) is -0.308. The van der Waals surface area contributed by atoms with E-state index < -0.39 is 12.1 Å². The number of alkyl halides is 3. The fourth-order valence-electron chi connectivity index (χ4n) is 3.42. The molecule has 0 saturated heterocycles. The smallest absolute Gasteiger partial charge is 0.475 e. The van der Waals surface area contributed by atoms with Crippen LogP contribution in [-0.2, 0) is 24.2 Å². The monoisotopic (exact) mass is 435 g/mol. The predicted octanol–water partition coefficient (Wildman–Crippen LogP) is 4.34. The second-order valence-corrected chi connectivity index (χ2v) is 7.36. The summed E-state index contributed by atoms with van der Waals surface area (Å²) in [6, 6.07) is 10.4. The standard InChI is InChI=1S/C19H23N5.C2HF3O2/c1-13-10-14(2)24(23-13)16-7-5-6-15(11-16)20-12-19-21-17-8-3-4-9-18(17)22-19;3-2(4,5)1(6)7/h5-7,10-11,20H,3-4,8-9,12H2,1-2H3,(H,21,22);(H,6,7). The lowest BCUT2D eigenvalue weighted by Gasteiger charge is -2.09. The second-order valence-electron chi connectivity index (χ2n) is 7.36. The molecule has 0 saturated carbocycles. The summed E-state index contributed by atoms with van der Waals surface area (Å²) in [4.78, 5) is 17.1. The van der Waals surface area contributed by atoms with Crippen LogP contribution < -0.4 is 5.32 Å². The maximum absolute atomic E-state index is 10.6. The van der Waals surface area contributed by atoms with Crippen LogP contribution in [0.15, 0.2) is 30.3 Å². The number of hydrogen-bond donors (Lipinski definition) is 3. The van der Waals surface area contributed by atoms with Gasteiger partial charge in [0.25, 0.3) is 0 Å². The van der Waals surface area contributed by atoms with Crippen molar-refractivity contribution in [2.75, 3.05) is 5.32 Å². The Morgan fingerprint density at radius 2 is 1.94 bits per heavy atom. The molecule has 3 N–H and O–H groups in total. The van der Waals surface area contributed by atoms with Crippen LogP contribution in [0.2, 0.25) is 0 Å². The third-order valence-corrected chi connectivity index (χ3v) is 4.81. The molecule has 10 heteroatoms. The van der Waals surface area contributed by atoms with Crippen molar-refractivity contribution in [3.63, 3.8) is 0 Å². The number of halogens is 3. The topological polar surface area (TPSA) is 95.8 Å². The zero-order chi connectivity index (χ0) is 22.6. The van der Waals surface area contributed by atoms with E-state index in [1.807, 2.05) is 11.6 Å². The molecule has 0 unspecified atom stereocenters. The van der Waals surface area contributed by atoms with E-state index in [9.17, 15) is 13.2 Å². The molecule has 4 rings (SSSR count). The summed E-state index contributed by atoms with van der Waals surface area (Å²) in [5, 5.41) is 15.2. The number of aromatic nitrogens is 4. The van der Waals surface area contributed by atoms with Gasteiger partial charge < -0.3 is 15.4 Å². The van der Waals surface area contributed by atoms with Crippen molar-refractivity contribution in [3.05, 3.63) is 58.9 Å². The number of nitrogens with one attached hydrogen (secondary N) is 2. The molecular formula is C21H24F3N5O2. The number of benzene rings is 1. The van der Waals surface area contributed by atoms with E-state index in [4.69, 9.17) is 14.9 Å². The van der Waals surface area contributed by atoms with Crippen LogP contribution in [0.1, 0.15) is 41.4 Å². The zero-order valence-electron chi connectivity index (χ0n) is 17.3. The Morgan fingerprint density at radius 3 is 2.55 bits per heavy atom. The molecule has 0 atom stereocenters. The van der Waals surface area contributed by atoms with Crippen LogP contribution in [-0.4, -0.2) is 37.0 Å². The van der Waals surface area contributed by atoms with E-state index in [1.165, 1.54) is 24.2 Å². The highest BCUT2D eigenvalue weighted by Gasteiger charge is 2.38. The lowest BCUT2D eigenvalue weighted by molar-refractivity contribution is -0.192. The Balaban J connectivity index is 0.000000339. The molecule has 2 heterocycles. The van der Waals surface area contributed by atoms with Gasteiger partial charge in [0, 0.05) is 17.1 Å². The molecule has 1 aliphatic carbocycles. The Morgan fingerprint density at radius 1 is 1.23 bits per heavy atom. The van der Waals surface area contributed by atoms with Gasteiger partial charge in [-0.3, -0.25) is 0 Å². The number of rotatable bonds is 4. The number of nitrogens with zero attached hydrogens (tertiary/aromatic N) is 3. The van der Waals surface area contributed by atoms with Gasteiger partial charge in [-0.15, -0.1) is 0 Å². The van der Waals surface area contributed by atoms with Gasteiger partial charge in [0.05, 0.1) is 23.6 Å². The number of aliphatic carboxylic acids is 1. The van der Waals surface area contributed by atoms with Crippen LogP contribution in [0.4, 0.5) is 18.9 Å². The molecule has 0 aliphatic heterocycles. The van der Waals surface area contributed by atoms with E-state index in [2.05, 4.69) is 52.7 Å². The van der Waals surface area contributed by atoms with Crippen molar-refractivity contribution < 1.29 is 23.1 Å². The molecule has 3 aromatic rings. The predicted molar refractivity (Wildman–Crippen MR) is 109 cm³/mol. The maximum Gasteiger partial charge on any atom is 0.490 e. The first-order valence-corrected chi connectivity index (χ1v) is 9.88. The number of fused-ring (bicyclic) bond motifs is 1. The Labute approximate surface area is 177 Å². The van der Waals surface area contributed by atoms with Crippen LogP contribution in [0.5, 0.6) is 0 Å². The van der Waals surface area contributed by atoms with Crippen LogP contribution in [0, 0.1) is 13.8 Å². The fraction of sp³-hybridized carbons (Fsp3) is 0.381. The summed E-state index contributed by atoms with van der Waals surface area (Å²) < 4.78 is 33.7. The van der Waals surface area contributed by atoms with Crippen molar-refractivity contribution in [3.8, 4) is 5.69 Å². The summed E-state index contributed by atoms with van der Waals surface area (Å²) in [6.45, 7) is 4.81. The van der Waals surface area contributed by atoms with Crippen molar-refractivity contribution >= 4 is 11.7 Å². The molecule has 1 aliphatic rings. The minimum atomic E-state index is -5.08. The lowest BCUT2D eigenvalue weighted by atomic mass is 10.0. The molecule has 0 fully saturated rings. The van der Waals surface area contributed by atoms with E-state index in [-0.39, 0.29) is 0 Å². The normalized spacial score (nSPS) is 13.2. The fourth-order valence-corrected chi connectivity index (χ4v) is 3.42. The number of H-pyrrole nitrogens is 1. The quantitative estimate of drug-likeness (QED) is 0.567. The van der Waals surface area contributed by atoms with Gasteiger partial charge in [0.1, 0.15) is 5.82 Å². The van der Waals surface area contributed by atoms with Gasteiger partial charge in [0.15, 0.2) is 0 Å². The van der Waals surface area contributed by atoms with Gasteiger partial charge in [-0.05, 0) is 63.8 Å². The minimum Gasteiger partial charge on any atom is -0.475 e. The average molecular weight is 435 g/mol. The number of aryl methyl sites for hydroxylation is 4. The Kier molecular flexibility index (Phi) is 6.67. The molecule has 0 bridgehead atoms. The first kappa shape index (κ1) is 22.4. The maximum atomic E-state index is 10.6. The average Bonchev–Trinajstić information content (AvgIpc) is 3.28. The number of aromatic amines is 1. The number of hydrogen-bond acceptors (Lipinski definition) is 4. The van der Waals surface area contributed by atoms with Gasteiger partial charge in [-0.25, -0.2) is 14.5 Å². The molecule has 2 aromatic heterocycles. The highest BCUT2D eigenvalue weighted by atomic mass is 19.4. The Bertz CT molecular complexity index is 1030. The van der Waals surface area contributed by atoms with E-state index >= 15 is 0 Å². The second kappa shape index (κ2) is 9.23. The van der Waals surface area contributed by atoms with Crippen LogP contribution >= 0.6 is 0 Å². The SMILES string of the molecule is Cc1cc(C)n(-c2cccc(NCc3nc4c([nH]3)CCCC4)c2)n1.O=C(O)C(F)(F)F. The minimum absolute atomic E-state index is 0.716. The summed E-state index contributed by atoms with van der Waals surface area (Å²) >= 11 is 0. The van der Waals surface area contributed by atoms with Crippen molar-refractivity contribution in [1.82, 2.24) is 19.7 Å². The highest BCUT2D eigenvalue weighted by molar-refractivity contribution is 5.73. The number of carbonyl (C=O) groups is 1. The molecule has 0 amide bonds. The van der Waals surface area contributed by atoms with Gasteiger partial charge in [-0.1, -0.05) is 6.07 Å². The molecule has 31 heavy (non-hydrogen) atoms. The van der Waals surface area contributed by atoms with Crippen molar-refractivity contribution in [2.24, 2.45) is 0 Å². The summed E-state index contributed by atoms with van der Waals surface area (Å²) in [7, 11) is 0. The molecule has 7 nitrogen and oxygen atoms in total. The molecule has 166 valence electrons. The molecule has 0 spiro atoms. The van der Waals surface area contributed by atoms with Gasteiger partial charge >= 0.3 is 12.1 Å². The number of carboxylic acids is 1. The highest BCUT2D eigenvalue weighted by Crippen LogP contribution is 2.20. The first-order chi connectivity index (χ1) is 14.6.